The number of sulfonamides is 3. The summed E-state index contributed by atoms with van der Waals surface area (Å²) in [6.45, 7) is 6.16. The molecule has 0 aromatic heterocycles. The zero-order chi connectivity index (χ0) is 33.5. The van der Waals surface area contributed by atoms with Crippen molar-refractivity contribution in [1.29, 1.82) is 0 Å². The predicted molar refractivity (Wildman–Crippen MR) is 172 cm³/mol. The lowest BCUT2D eigenvalue weighted by Crippen LogP contribution is -2.61. The lowest BCUT2D eigenvalue weighted by molar-refractivity contribution is -0.126. The van der Waals surface area contributed by atoms with Gasteiger partial charge in [0.25, 0.3) is 10.0 Å². The molecular weight excluding hydrogens is 659 g/mol. The standard InChI is InChI=1S/C29H37N5O9S3/c1-19(2)10-11-29(33-45(39,40)17-14-34-12-15-43-16-13-34)22-7-5-4-6-21(22)26(35)25(27(29)36)28-30-23-9-8-20(31-44(3,37)38)18-24(23)46(41,42)32-28/h4-9,18-19,25,31,33H,10-17H2,1-3H3,(H,30,32)/t25?,29-/m0/s1. The molecule has 46 heavy (non-hydrogen) atoms. The van der Waals surface area contributed by atoms with Gasteiger partial charge in [-0.1, -0.05) is 38.1 Å². The van der Waals surface area contributed by atoms with Gasteiger partial charge in [0.1, 0.15) is 22.2 Å². The summed E-state index contributed by atoms with van der Waals surface area (Å²) in [5.74, 6) is -4.07. The molecule has 2 heterocycles. The minimum absolute atomic E-state index is 0.0121. The summed E-state index contributed by atoms with van der Waals surface area (Å²) in [4.78, 5) is 30.2. The van der Waals surface area contributed by atoms with Gasteiger partial charge in [-0.05, 0) is 42.5 Å². The van der Waals surface area contributed by atoms with Crippen molar-refractivity contribution in [2.45, 2.75) is 37.1 Å². The highest BCUT2D eigenvalue weighted by molar-refractivity contribution is 7.92. The molecule has 0 amide bonds. The molecule has 0 spiro atoms. The fraction of sp³-hybridized carbons (Fsp3) is 0.483. The minimum atomic E-state index is -4.53. The Morgan fingerprint density at radius 3 is 2.46 bits per heavy atom. The Kier molecular flexibility index (Phi) is 9.47. The zero-order valence-corrected chi connectivity index (χ0v) is 28.1. The number of benzene rings is 2. The van der Waals surface area contributed by atoms with Crippen LogP contribution < -0.4 is 14.8 Å². The maximum absolute atomic E-state index is 14.7. The van der Waals surface area contributed by atoms with Crippen LogP contribution >= 0.6 is 0 Å². The van der Waals surface area contributed by atoms with Gasteiger partial charge in [0, 0.05) is 30.9 Å². The van der Waals surface area contributed by atoms with Gasteiger partial charge >= 0.3 is 0 Å². The van der Waals surface area contributed by atoms with Gasteiger partial charge < -0.3 is 10.1 Å². The molecule has 17 heteroatoms. The number of rotatable bonds is 11. The van der Waals surface area contributed by atoms with E-state index >= 15 is 0 Å². The molecule has 1 saturated heterocycles. The van der Waals surface area contributed by atoms with Crippen molar-refractivity contribution in [3.8, 4) is 0 Å². The summed E-state index contributed by atoms with van der Waals surface area (Å²) in [5.41, 5.74) is -1.66. The molecule has 2 atom stereocenters. The van der Waals surface area contributed by atoms with E-state index in [0.717, 1.165) is 12.3 Å². The summed E-state index contributed by atoms with van der Waals surface area (Å²) >= 11 is 0. The molecule has 1 fully saturated rings. The first kappa shape index (κ1) is 34.1. The Bertz CT molecular complexity index is 1900. The average Bonchev–Trinajstić information content (AvgIpc) is 2.97. The monoisotopic (exact) mass is 695 g/mol. The third-order valence-electron chi connectivity index (χ3n) is 8.12. The van der Waals surface area contributed by atoms with Crippen LogP contribution in [0.25, 0.3) is 0 Å². The SMILES string of the molecule is CC(C)CC[C@@]1(NS(=O)(=O)CCN2CCOCC2)C(=O)C(C2=NS(=O)(=O)c3cc(NS(C)(=O)=O)ccc3N2)C(=O)c2ccccc21. The van der Waals surface area contributed by atoms with Crippen molar-refractivity contribution < 1.29 is 39.6 Å². The highest BCUT2D eigenvalue weighted by Crippen LogP contribution is 2.42. The Morgan fingerprint density at radius 2 is 1.78 bits per heavy atom. The first-order valence-corrected chi connectivity index (χ1v) is 19.7. The van der Waals surface area contributed by atoms with Crippen LogP contribution in [0.1, 0.15) is 42.6 Å². The number of morpholine rings is 1. The summed E-state index contributed by atoms with van der Waals surface area (Å²) in [5, 5.41) is 2.79. The van der Waals surface area contributed by atoms with Crippen molar-refractivity contribution in [2.24, 2.45) is 16.2 Å². The van der Waals surface area contributed by atoms with Crippen LogP contribution in [-0.2, 0) is 45.1 Å². The lowest BCUT2D eigenvalue weighted by atomic mass is 9.67. The van der Waals surface area contributed by atoms with E-state index in [0.29, 0.717) is 32.7 Å². The van der Waals surface area contributed by atoms with Crippen LogP contribution in [0.15, 0.2) is 51.8 Å². The Morgan fingerprint density at radius 1 is 1.09 bits per heavy atom. The number of hydrogen-bond acceptors (Lipinski definition) is 11. The smallest absolute Gasteiger partial charge is 0.286 e. The second-order valence-corrected chi connectivity index (χ2v) is 17.2. The number of amidine groups is 1. The van der Waals surface area contributed by atoms with Crippen LogP contribution in [0.5, 0.6) is 0 Å². The van der Waals surface area contributed by atoms with Gasteiger partial charge in [0.05, 0.1) is 30.9 Å². The number of nitrogens with zero attached hydrogens (tertiary/aromatic N) is 2. The molecule has 2 aromatic carbocycles. The first-order chi connectivity index (χ1) is 21.5. The van der Waals surface area contributed by atoms with Crippen LogP contribution in [0.3, 0.4) is 0 Å². The van der Waals surface area contributed by atoms with Crippen LogP contribution in [-0.4, -0.2) is 92.4 Å². The highest BCUT2D eigenvalue weighted by atomic mass is 32.2. The number of hydrogen-bond donors (Lipinski definition) is 3. The van der Waals surface area contributed by atoms with Gasteiger partial charge in [-0.2, -0.15) is 13.1 Å². The molecule has 1 unspecified atom stereocenters. The highest BCUT2D eigenvalue weighted by Gasteiger charge is 2.55. The number of anilines is 2. The van der Waals surface area contributed by atoms with E-state index in [4.69, 9.17) is 4.74 Å². The van der Waals surface area contributed by atoms with E-state index in [1.165, 1.54) is 18.2 Å². The van der Waals surface area contributed by atoms with E-state index in [2.05, 4.69) is 19.2 Å². The normalized spacial score (nSPS) is 23.3. The molecule has 0 radical (unpaired) electrons. The summed E-state index contributed by atoms with van der Waals surface area (Å²) in [6.07, 6.45) is 1.33. The Labute approximate surface area is 269 Å². The molecule has 3 aliphatic rings. The van der Waals surface area contributed by atoms with E-state index in [1.54, 1.807) is 18.2 Å². The van der Waals surface area contributed by atoms with Crippen molar-refractivity contribution in [2.75, 3.05) is 54.9 Å². The Balaban J connectivity index is 1.57. The molecule has 2 aromatic rings. The summed E-state index contributed by atoms with van der Waals surface area (Å²) < 4.78 is 91.7. The van der Waals surface area contributed by atoms with E-state index in [1.807, 2.05) is 18.7 Å². The van der Waals surface area contributed by atoms with Crippen molar-refractivity contribution in [3.63, 3.8) is 0 Å². The lowest BCUT2D eigenvalue weighted by Gasteiger charge is -2.41. The van der Waals surface area contributed by atoms with Gasteiger partial charge in [0.2, 0.25) is 20.0 Å². The van der Waals surface area contributed by atoms with Gasteiger partial charge in [-0.15, -0.1) is 4.40 Å². The number of Topliss-reactive ketones (excluding diaryl/α,β-unsaturated/α-hetero) is 2. The van der Waals surface area contributed by atoms with Crippen molar-refractivity contribution in [1.82, 2.24) is 9.62 Å². The fourth-order valence-corrected chi connectivity index (χ4v) is 9.04. The number of ether oxygens (including phenoxy) is 1. The first-order valence-electron chi connectivity index (χ1n) is 14.7. The van der Waals surface area contributed by atoms with Crippen LogP contribution in [0, 0.1) is 11.8 Å². The molecule has 1 aliphatic carbocycles. The van der Waals surface area contributed by atoms with Crippen LogP contribution in [0.2, 0.25) is 0 Å². The van der Waals surface area contributed by atoms with Crippen LogP contribution in [0.4, 0.5) is 11.4 Å². The number of ketones is 2. The molecule has 5 rings (SSSR count). The summed E-state index contributed by atoms with van der Waals surface area (Å²) in [6, 6.07) is 9.92. The van der Waals surface area contributed by atoms with E-state index in [9.17, 15) is 34.8 Å². The van der Waals surface area contributed by atoms with Gasteiger partial charge in [0.15, 0.2) is 11.6 Å². The third kappa shape index (κ3) is 7.18. The summed E-state index contributed by atoms with van der Waals surface area (Å²) in [7, 11) is -12.4. The maximum Gasteiger partial charge on any atom is 0.286 e. The molecule has 250 valence electrons. The number of carbonyl (C=O) groups excluding carboxylic acids is 2. The predicted octanol–water partition coefficient (Wildman–Crippen LogP) is 1.54. The van der Waals surface area contributed by atoms with E-state index < -0.39 is 58.9 Å². The third-order valence-corrected chi connectivity index (χ3v) is 11.4. The topological polar surface area (TPSA) is 197 Å². The number of nitrogens with one attached hydrogen (secondary N) is 3. The van der Waals surface area contributed by atoms with Crippen molar-refractivity contribution in [3.05, 3.63) is 53.6 Å². The molecule has 14 nitrogen and oxygen atoms in total. The second kappa shape index (κ2) is 12.8. The quantitative estimate of drug-likeness (QED) is 0.288. The van der Waals surface area contributed by atoms with Crippen molar-refractivity contribution >= 4 is 58.8 Å². The van der Waals surface area contributed by atoms with E-state index in [-0.39, 0.29) is 52.0 Å². The van der Waals surface area contributed by atoms with Gasteiger partial charge in [-0.25, -0.2) is 16.8 Å². The molecule has 2 aliphatic heterocycles. The second-order valence-electron chi connectivity index (χ2n) is 12.1. The molecular formula is C29H37N5O9S3. The number of fused-ring (bicyclic) bond motifs is 2. The largest absolute Gasteiger partial charge is 0.379 e. The molecule has 3 N–H and O–H groups in total. The Hall–Kier alpha value is -3.22. The minimum Gasteiger partial charge on any atom is -0.379 e. The molecule has 0 bridgehead atoms. The van der Waals surface area contributed by atoms with Gasteiger partial charge in [-0.3, -0.25) is 19.2 Å². The molecule has 0 saturated carbocycles. The average molecular weight is 696 g/mol. The fourth-order valence-electron chi connectivity index (χ4n) is 5.86. The zero-order valence-electron chi connectivity index (χ0n) is 25.6. The number of carbonyl (C=O) groups is 2. The maximum atomic E-state index is 14.7.